The second-order valence-corrected chi connectivity index (χ2v) is 6.55. The molecule has 0 aliphatic carbocycles. The summed E-state index contributed by atoms with van der Waals surface area (Å²) in [5, 5.41) is 4.29. The Kier molecular flexibility index (Phi) is 6.07. The van der Waals surface area contributed by atoms with Crippen LogP contribution in [-0.2, 0) is 24.7 Å². The first-order valence-electron chi connectivity index (χ1n) is 9.15. The topological polar surface area (TPSA) is 61.2 Å². The van der Waals surface area contributed by atoms with Crippen LogP contribution in [0.1, 0.15) is 18.1 Å². The lowest BCUT2D eigenvalue weighted by Gasteiger charge is -2.16. The second-order valence-electron chi connectivity index (χ2n) is 6.55. The number of hydrogen-bond donors (Lipinski definition) is 0. The number of ketones is 1. The van der Waals surface area contributed by atoms with Crippen LogP contribution in [0.15, 0.2) is 47.3 Å². The predicted molar refractivity (Wildman–Crippen MR) is 108 cm³/mol. The van der Waals surface area contributed by atoms with Gasteiger partial charge in [0.2, 0.25) is 5.78 Å². The highest BCUT2D eigenvalue weighted by Crippen LogP contribution is 2.36. The van der Waals surface area contributed by atoms with Crippen molar-refractivity contribution in [1.82, 2.24) is 9.78 Å². The average molecular weight is 408 g/mol. The summed E-state index contributed by atoms with van der Waals surface area (Å²) in [5.74, 6) is -0.0151. The van der Waals surface area contributed by atoms with E-state index in [1.807, 2.05) is 6.92 Å². The van der Waals surface area contributed by atoms with Crippen LogP contribution in [0.2, 0.25) is 0 Å². The second kappa shape index (κ2) is 8.70. The molecule has 0 aliphatic rings. The Hall–Kier alpha value is -3.79. The number of carbonyl (C=O) groups is 1. The standard InChI is InChI=1S/C23H18F2N2O3/c1-4-14-12-19(26-27(3)23(14)29)22-15(11-17(28)5-2)7-6-8-21(22)30-20-10-9-16(24)13-18(20)25/h2,6-10,12-13H,4,11H2,1,3H3. The summed E-state index contributed by atoms with van der Waals surface area (Å²) in [6.07, 6.45) is 5.59. The molecule has 0 unspecified atom stereocenters. The van der Waals surface area contributed by atoms with Gasteiger partial charge < -0.3 is 4.74 Å². The molecule has 3 rings (SSSR count). The molecule has 0 spiro atoms. The monoisotopic (exact) mass is 408 g/mol. The molecule has 0 aliphatic heterocycles. The average Bonchev–Trinajstić information content (AvgIpc) is 2.72. The molecule has 2 aromatic carbocycles. The summed E-state index contributed by atoms with van der Waals surface area (Å²) >= 11 is 0. The van der Waals surface area contributed by atoms with Gasteiger partial charge in [-0.1, -0.05) is 19.1 Å². The van der Waals surface area contributed by atoms with Crippen molar-refractivity contribution in [2.45, 2.75) is 19.8 Å². The first-order valence-corrected chi connectivity index (χ1v) is 9.15. The quantitative estimate of drug-likeness (QED) is 0.460. The maximum absolute atomic E-state index is 14.2. The fourth-order valence-corrected chi connectivity index (χ4v) is 3.05. The van der Waals surface area contributed by atoms with Gasteiger partial charge in [0.25, 0.3) is 5.56 Å². The number of rotatable bonds is 6. The van der Waals surface area contributed by atoms with Crippen molar-refractivity contribution in [2.75, 3.05) is 0 Å². The van der Waals surface area contributed by atoms with Crippen LogP contribution < -0.4 is 10.3 Å². The Labute approximate surface area is 171 Å². The van der Waals surface area contributed by atoms with Gasteiger partial charge in [-0.3, -0.25) is 9.59 Å². The summed E-state index contributed by atoms with van der Waals surface area (Å²) in [5.41, 5.74) is 1.54. The number of Topliss-reactive ketones (excluding diaryl/α,β-unsaturated/α-hetero) is 1. The molecule has 30 heavy (non-hydrogen) atoms. The molecule has 1 heterocycles. The summed E-state index contributed by atoms with van der Waals surface area (Å²) < 4.78 is 34.3. The van der Waals surface area contributed by atoms with Crippen molar-refractivity contribution in [3.05, 3.63) is 75.6 Å². The third kappa shape index (κ3) is 4.28. The lowest BCUT2D eigenvalue weighted by molar-refractivity contribution is -0.113. The van der Waals surface area contributed by atoms with E-state index in [-0.39, 0.29) is 23.5 Å². The summed E-state index contributed by atoms with van der Waals surface area (Å²) in [6.45, 7) is 1.83. The minimum Gasteiger partial charge on any atom is -0.454 e. The molecular weight excluding hydrogens is 390 g/mol. The Balaban J connectivity index is 2.22. The van der Waals surface area contributed by atoms with Gasteiger partial charge in [-0.15, -0.1) is 6.42 Å². The molecule has 0 atom stereocenters. The molecule has 0 fully saturated rings. The maximum Gasteiger partial charge on any atom is 0.269 e. The third-order valence-electron chi connectivity index (χ3n) is 4.51. The van der Waals surface area contributed by atoms with Crippen molar-refractivity contribution < 1.29 is 18.3 Å². The summed E-state index contributed by atoms with van der Waals surface area (Å²) in [7, 11) is 1.51. The van der Waals surface area contributed by atoms with Gasteiger partial charge in [-0.05, 0) is 42.2 Å². The number of aryl methyl sites for hydroxylation is 2. The van der Waals surface area contributed by atoms with Gasteiger partial charge in [-0.25, -0.2) is 13.5 Å². The van der Waals surface area contributed by atoms with Crippen molar-refractivity contribution in [3.8, 4) is 35.1 Å². The van der Waals surface area contributed by atoms with Crippen LogP contribution in [0, 0.1) is 24.0 Å². The molecule has 0 saturated heterocycles. The Morgan fingerprint density at radius 1 is 1.17 bits per heavy atom. The zero-order chi connectivity index (χ0) is 21.8. The van der Waals surface area contributed by atoms with Crippen LogP contribution in [-0.4, -0.2) is 15.6 Å². The van der Waals surface area contributed by atoms with E-state index in [4.69, 9.17) is 11.2 Å². The van der Waals surface area contributed by atoms with Crippen molar-refractivity contribution in [3.63, 3.8) is 0 Å². The van der Waals surface area contributed by atoms with Crippen molar-refractivity contribution >= 4 is 5.78 Å². The summed E-state index contributed by atoms with van der Waals surface area (Å²) in [4.78, 5) is 24.2. The molecule has 0 radical (unpaired) electrons. The molecule has 7 heteroatoms. The molecule has 0 saturated carbocycles. The number of halogens is 2. The van der Waals surface area contributed by atoms with Gasteiger partial charge >= 0.3 is 0 Å². The van der Waals surface area contributed by atoms with E-state index in [1.165, 1.54) is 17.8 Å². The SMILES string of the molecule is C#CC(=O)Cc1cccc(Oc2ccc(F)cc2F)c1-c1cc(CC)c(=O)n(C)n1. The number of hydrogen-bond acceptors (Lipinski definition) is 4. The van der Waals surface area contributed by atoms with E-state index in [1.54, 1.807) is 24.3 Å². The van der Waals surface area contributed by atoms with Gasteiger partial charge in [-0.2, -0.15) is 5.10 Å². The van der Waals surface area contributed by atoms with Crippen LogP contribution >= 0.6 is 0 Å². The highest BCUT2D eigenvalue weighted by atomic mass is 19.1. The summed E-state index contributed by atoms with van der Waals surface area (Å²) in [6, 6.07) is 9.43. The highest BCUT2D eigenvalue weighted by Gasteiger charge is 2.19. The molecular formula is C23H18F2N2O3. The van der Waals surface area contributed by atoms with Gasteiger partial charge in [0, 0.05) is 30.7 Å². The minimum absolute atomic E-state index is 0.0963. The Morgan fingerprint density at radius 3 is 2.60 bits per heavy atom. The predicted octanol–water partition coefficient (Wildman–Crippen LogP) is 3.83. The van der Waals surface area contributed by atoms with E-state index >= 15 is 0 Å². The lowest BCUT2D eigenvalue weighted by atomic mass is 9.97. The largest absolute Gasteiger partial charge is 0.454 e. The normalized spacial score (nSPS) is 10.5. The molecule has 0 amide bonds. The number of ether oxygens (including phenoxy) is 1. The van der Waals surface area contributed by atoms with Crippen molar-refractivity contribution in [2.24, 2.45) is 7.05 Å². The fourth-order valence-electron chi connectivity index (χ4n) is 3.05. The minimum atomic E-state index is -0.881. The fraction of sp³-hybridized carbons (Fsp3) is 0.174. The molecule has 5 nitrogen and oxygen atoms in total. The zero-order valence-electron chi connectivity index (χ0n) is 16.4. The van der Waals surface area contributed by atoms with E-state index < -0.39 is 17.4 Å². The molecule has 0 N–H and O–H groups in total. The number of terminal acetylenes is 1. The molecule has 0 bridgehead atoms. The van der Waals surface area contributed by atoms with E-state index in [2.05, 4.69) is 11.0 Å². The first-order chi connectivity index (χ1) is 14.3. The van der Waals surface area contributed by atoms with Crippen molar-refractivity contribution in [1.29, 1.82) is 0 Å². The van der Waals surface area contributed by atoms with Crippen LogP contribution in [0.25, 0.3) is 11.3 Å². The molecule has 152 valence electrons. The zero-order valence-corrected chi connectivity index (χ0v) is 16.4. The number of nitrogens with zero attached hydrogens (tertiary/aromatic N) is 2. The number of carbonyl (C=O) groups excluding carboxylic acids is 1. The number of aromatic nitrogens is 2. The van der Waals surface area contributed by atoms with Gasteiger partial charge in [0.1, 0.15) is 11.6 Å². The Bertz CT molecular complexity index is 1230. The lowest BCUT2D eigenvalue weighted by Crippen LogP contribution is -2.23. The van der Waals surface area contributed by atoms with Crippen LogP contribution in [0.4, 0.5) is 8.78 Å². The van der Waals surface area contributed by atoms with E-state index in [9.17, 15) is 18.4 Å². The Morgan fingerprint density at radius 2 is 1.93 bits per heavy atom. The van der Waals surface area contributed by atoms with E-state index in [0.717, 1.165) is 6.07 Å². The molecule has 3 aromatic rings. The first kappa shape index (κ1) is 20.9. The number of benzene rings is 2. The van der Waals surface area contributed by atoms with Crippen LogP contribution in [0.3, 0.4) is 0 Å². The molecule has 1 aromatic heterocycles. The third-order valence-corrected chi connectivity index (χ3v) is 4.51. The van der Waals surface area contributed by atoms with Gasteiger partial charge in [0.15, 0.2) is 11.6 Å². The van der Waals surface area contributed by atoms with E-state index in [0.29, 0.717) is 34.9 Å². The van der Waals surface area contributed by atoms with Crippen LogP contribution in [0.5, 0.6) is 11.5 Å². The van der Waals surface area contributed by atoms with Gasteiger partial charge in [0.05, 0.1) is 5.69 Å². The highest BCUT2D eigenvalue weighted by molar-refractivity contribution is 5.97. The maximum atomic E-state index is 14.2. The smallest absolute Gasteiger partial charge is 0.269 e.